The molecule has 0 aromatic heterocycles. The van der Waals surface area contributed by atoms with E-state index in [1.807, 2.05) is 11.8 Å². The fourth-order valence-corrected chi connectivity index (χ4v) is 2.83. The van der Waals surface area contributed by atoms with Crippen LogP contribution in [0.25, 0.3) is 0 Å². The second kappa shape index (κ2) is 3.18. The summed E-state index contributed by atoms with van der Waals surface area (Å²) in [5, 5.41) is 5.50. The zero-order chi connectivity index (χ0) is 10.4. The van der Waals surface area contributed by atoms with Crippen LogP contribution in [-0.2, 0) is 0 Å². The molecule has 0 aliphatic carbocycles. The number of hydrogen-bond donors (Lipinski definition) is 1. The van der Waals surface area contributed by atoms with Gasteiger partial charge >= 0.3 is 0 Å². The lowest BCUT2D eigenvalue weighted by Crippen LogP contribution is -2.39. The molecule has 1 aromatic carbocycles. The minimum Gasteiger partial charge on any atom is -0.295 e. The summed E-state index contributed by atoms with van der Waals surface area (Å²) in [5.41, 5.74) is 5.90. The van der Waals surface area contributed by atoms with Gasteiger partial charge in [0.1, 0.15) is 5.03 Å². The highest BCUT2D eigenvalue weighted by Crippen LogP contribution is 2.46. The summed E-state index contributed by atoms with van der Waals surface area (Å²) < 4.78 is 0. The highest BCUT2D eigenvalue weighted by molar-refractivity contribution is 8.03. The molecule has 15 heavy (non-hydrogen) atoms. The van der Waals surface area contributed by atoms with Crippen molar-refractivity contribution in [2.24, 2.45) is 0 Å². The van der Waals surface area contributed by atoms with Crippen LogP contribution < -0.4 is 10.5 Å². The van der Waals surface area contributed by atoms with Crippen molar-refractivity contribution in [3.8, 4) is 0 Å². The number of rotatable bonds is 1. The van der Waals surface area contributed by atoms with Crippen molar-refractivity contribution in [3.05, 3.63) is 35.0 Å². The standard InChI is InChI=1S/C11H13N3S/c1-3-13-7-11-14(12-13)9-6-8(2)4-5-10(9)15-11/h4-7,12H,3H2,1-2H3. The van der Waals surface area contributed by atoms with Gasteiger partial charge in [0.15, 0.2) is 0 Å². The predicted molar refractivity (Wildman–Crippen MR) is 63.1 cm³/mol. The third-order valence-electron chi connectivity index (χ3n) is 2.63. The average molecular weight is 219 g/mol. The number of benzene rings is 1. The largest absolute Gasteiger partial charge is 0.295 e. The Kier molecular flexibility index (Phi) is 1.94. The molecule has 1 N–H and O–H groups in total. The third kappa shape index (κ3) is 1.33. The van der Waals surface area contributed by atoms with Crippen molar-refractivity contribution in [2.75, 3.05) is 11.6 Å². The van der Waals surface area contributed by atoms with E-state index in [1.165, 1.54) is 21.2 Å². The van der Waals surface area contributed by atoms with Gasteiger partial charge in [-0.05, 0) is 31.5 Å². The summed E-state index contributed by atoms with van der Waals surface area (Å²) in [4.78, 5) is 1.33. The summed E-state index contributed by atoms with van der Waals surface area (Å²) in [6.07, 6.45) is 2.15. The molecule has 0 saturated carbocycles. The molecule has 0 spiro atoms. The van der Waals surface area contributed by atoms with E-state index in [2.05, 4.69) is 53.8 Å². The minimum atomic E-state index is 0.974. The summed E-state index contributed by atoms with van der Waals surface area (Å²) in [6, 6.07) is 6.56. The van der Waals surface area contributed by atoms with Crippen molar-refractivity contribution in [3.63, 3.8) is 0 Å². The van der Waals surface area contributed by atoms with Gasteiger partial charge in [0, 0.05) is 17.6 Å². The van der Waals surface area contributed by atoms with Crippen molar-refractivity contribution >= 4 is 17.4 Å². The van der Waals surface area contributed by atoms with Crippen LogP contribution in [-0.4, -0.2) is 11.6 Å². The van der Waals surface area contributed by atoms with E-state index in [4.69, 9.17) is 0 Å². The van der Waals surface area contributed by atoms with E-state index < -0.39 is 0 Å². The van der Waals surface area contributed by atoms with Gasteiger partial charge in [0.25, 0.3) is 0 Å². The molecule has 0 fully saturated rings. The molecule has 2 heterocycles. The molecule has 0 atom stereocenters. The van der Waals surface area contributed by atoms with Crippen LogP contribution >= 0.6 is 11.8 Å². The number of nitrogens with one attached hydrogen (secondary N) is 1. The Morgan fingerprint density at radius 2 is 2.27 bits per heavy atom. The lowest BCUT2D eigenvalue weighted by atomic mass is 10.2. The highest BCUT2D eigenvalue weighted by atomic mass is 32.2. The second-order valence-corrected chi connectivity index (χ2v) is 4.82. The number of aryl methyl sites for hydroxylation is 1. The topological polar surface area (TPSA) is 18.5 Å². The van der Waals surface area contributed by atoms with Gasteiger partial charge in [-0.1, -0.05) is 17.8 Å². The smallest absolute Gasteiger partial charge is 0.115 e. The number of fused-ring (bicyclic) bond motifs is 3. The summed E-state index contributed by atoms with van der Waals surface area (Å²) >= 11 is 1.82. The maximum Gasteiger partial charge on any atom is 0.115 e. The Morgan fingerprint density at radius 3 is 3.07 bits per heavy atom. The number of hydrazine groups is 2. The number of anilines is 1. The van der Waals surface area contributed by atoms with Crippen molar-refractivity contribution in [1.29, 1.82) is 0 Å². The van der Waals surface area contributed by atoms with E-state index in [0.717, 1.165) is 6.54 Å². The maximum atomic E-state index is 3.34. The van der Waals surface area contributed by atoms with Crippen molar-refractivity contribution < 1.29 is 0 Å². The normalized spacial score (nSPS) is 17.9. The maximum absolute atomic E-state index is 3.34. The SMILES string of the molecule is CCN1C=C2Sc3ccc(C)cc3N2N1. The molecule has 2 aliphatic heterocycles. The highest BCUT2D eigenvalue weighted by Gasteiger charge is 2.30. The average Bonchev–Trinajstić information content (AvgIpc) is 2.75. The van der Waals surface area contributed by atoms with Crippen LogP contribution in [0.3, 0.4) is 0 Å². The fourth-order valence-electron chi connectivity index (χ4n) is 1.81. The molecule has 78 valence electrons. The lowest BCUT2D eigenvalue weighted by Gasteiger charge is -2.20. The molecule has 0 bridgehead atoms. The van der Waals surface area contributed by atoms with Gasteiger partial charge in [0.05, 0.1) is 5.69 Å². The van der Waals surface area contributed by atoms with Crippen molar-refractivity contribution in [2.45, 2.75) is 18.7 Å². The zero-order valence-electron chi connectivity index (χ0n) is 8.82. The van der Waals surface area contributed by atoms with Crippen LogP contribution in [0.5, 0.6) is 0 Å². The van der Waals surface area contributed by atoms with Gasteiger partial charge in [-0.25, -0.2) is 5.01 Å². The molecule has 3 rings (SSSR count). The second-order valence-electron chi connectivity index (χ2n) is 3.76. The summed E-state index contributed by atoms with van der Waals surface area (Å²) in [6.45, 7) is 5.23. The van der Waals surface area contributed by atoms with Gasteiger partial charge in [-0.15, -0.1) is 5.53 Å². The first-order chi connectivity index (χ1) is 7.28. The van der Waals surface area contributed by atoms with Crippen LogP contribution in [0.2, 0.25) is 0 Å². The minimum absolute atomic E-state index is 0.974. The first kappa shape index (κ1) is 9.12. The molecular weight excluding hydrogens is 206 g/mol. The van der Waals surface area contributed by atoms with E-state index >= 15 is 0 Å². The Morgan fingerprint density at radius 1 is 1.40 bits per heavy atom. The van der Waals surface area contributed by atoms with E-state index in [9.17, 15) is 0 Å². The zero-order valence-corrected chi connectivity index (χ0v) is 9.64. The number of hydrogen-bond acceptors (Lipinski definition) is 4. The van der Waals surface area contributed by atoms with Crippen molar-refractivity contribution in [1.82, 2.24) is 10.5 Å². The van der Waals surface area contributed by atoms with Gasteiger partial charge in [0.2, 0.25) is 0 Å². The molecule has 0 saturated heterocycles. The van der Waals surface area contributed by atoms with E-state index in [-0.39, 0.29) is 0 Å². The Labute approximate surface area is 93.7 Å². The Hall–Kier alpha value is -1.13. The predicted octanol–water partition coefficient (Wildman–Crippen LogP) is 2.46. The first-order valence-electron chi connectivity index (χ1n) is 5.11. The molecule has 2 aliphatic rings. The molecular formula is C11H13N3S. The molecule has 0 radical (unpaired) electrons. The summed E-state index contributed by atoms with van der Waals surface area (Å²) in [5.74, 6) is 0. The molecule has 1 aromatic rings. The van der Waals surface area contributed by atoms with Gasteiger partial charge in [-0.3, -0.25) is 5.01 Å². The van der Waals surface area contributed by atoms with Gasteiger partial charge in [-0.2, -0.15) is 0 Å². The number of nitrogens with zero attached hydrogens (tertiary/aromatic N) is 2. The van der Waals surface area contributed by atoms with Gasteiger partial charge < -0.3 is 0 Å². The van der Waals surface area contributed by atoms with Crippen LogP contribution in [0.4, 0.5) is 5.69 Å². The number of thioether (sulfide) groups is 1. The van der Waals surface area contributed by atoms with Crippen LogP contribution in [0.15, 0.2) is 34.3 Å². The molecule has 4 heteroatoms. The summed E-state index contributed by atoms with van der Waals surface area (Å²) in [7, 11) is 0. The quantitative estimate of drug-likeness (QED) is 0.781. The van der Waals surface area contributed by atoms with E-state index in [1.54, 1.807) is 0 Å². The third-order valence-corrected chi connectivity index (χ3v) is 3.69. The van der Waals surface area contributed by atoms with E-state index in [0.29, 0.717) is 0 Å². The molecule has 0 amide bonds. The molecule has 3 nitrogen and oxygen atoms in total. The molecule has 0 unspecified atom stereocenters. The van der Waals surface area contributed by atoms with Crippen LogP contribution in [0.1, 0.15) is 12.5 Å². The monoisotopic (exact) mass is 219 g/mol. The first-order valence-corrected chi connectivity index (χ1v) is 5.93. The fraction of sp³-hybridized carbons (Fsp3) is 0.273. The lowest BCUT2D eigenvalue weighted by molar-refractivity contribution is 0.310. The Balaban J connectivity index is 2.01. The van der Waals surface area contributed by atoms with Crippen LogP contribution in [0, 0.1) is 6.92 Å². The Bertz CT molecular complexity index is 441.